The lowest BCUT2D eigenvalue weighted by atomic mass is 9.90. The molecule has 10 aromatic carbocycles. The maximum atomic E-state index is 13.9. The highest BCUT2D eigenvalue weighted by atomic mass is 35.5. The summed E-state index contributed by atoms with van der Waals surface area (Å²) in [5.41, 5.74) is 16.1. The van der Waals surface area contributed by atoms with E-state index in [1.54, 1.807) is 93.6 Å². The van der Waals surface area contributed by atoms with Gasteiger partial charge in [-0.1, -0.05) is 264 Å². The number of alkyl carbamates (subject to hydrolysis) is 2. The van der Waals surface area contributed by atoms with Crippen molar-refractivity contribution in [2.45, 2.75) is 199 Å². The Balaban J connectivity index is 0.000000236. The van der Waals surface area contributed by atoms with Gasteiger partial charge in [0, 0.05) is 88.2 Å². The average Bonchev–Trinajstić information content (AvgIpc) is 1.68. The largest absolute Gasteiger partial charge is 0.461 e. The molecule has 36 heteroatoms. The molecule has 9 amide bonds. The molecule has 150 heavy (non-hydrogen) atoms. The number of hydrogen-bond donors (Lipinski definition) is 10. The van der Waals surface area contributed by atoms with E-state index in [0.717, 1.165) is 77.9 Å². The van der Waals surface area contributed by atoms with Crippen molar-refractivity contribution in [2.24, 2.45) is 17.8 Å². The van der Waals surface area contributed by atoms with E-state index >= 15 is 0 Å². The zero-order valence-corrected chi connectivity index (χ0v) is 86.0. The van der Waals surface area contributed by atoms with Crippen LogP contribution in [-0.4, -0.2) is 223 Å². The molecule has 796 valence electrons. The zero-order valence-electron chi connectivity index (χ0n) is 85.3. The molecule has 2 heterocycles. The van der Waals surface area contributed by atoms with Crippen LogP contribution < -0.4 is 47.9 Å². The Bertz CT molecular complexity index is 6120. The molecule has 0 spiro atoms. The molecule has 4 aliphatic rings. The van der Waals surface area contributed by atoms with Crippen molar-refractivity contribution in [3.63, 3.8) is 0 Å². The molecule has 14 rings (SSSR count). The van der Waals surface area contributed by atoms with Crippen LogP contribution in [0.5, 0.6) is 0 Å². The fraction of sp³-hybridized carbons (Fsp3) is 0.368. The molecule has 0 aromatic heterocycles. The van der Waals surface area contributed by atoms with Crippen LogP contribution in [0.15, 0.2) is 255 Å². The Morgan fingerprint density at radius 1 is 0.340 bits per heavy atom. The Hall–Kier alpha value is -15.0. The molecule has 2 aliphatic carbocycles. The minimum absolute atomic E-state index is 0. The maximum Gasteiger partial charge on any atom is 0.412 e. The van der Waals surface area contributed by atoms with Gasteiger partial charge in [0.15, 0.2) is 42.8 Å². The van der Waals surface area contributed by atoms with E-state index in [9.17, 15) is 62.6 Å². The number of esters is 1. The van der Waals surface area contributed by atoms with Crippen molar-refractivity contribution in [1.82, 2.24) is 26.6 Å². The Labute approximate surface area is 877 Å². The molecule has 10 N–H and O–H groups in total. The van der Waals surface area contributed by atoms with Crippen molar-refractivity contribution in [2.75, 3.05) is 76.1 Å². The van der Waals surface area contributed by atoms with Gasteiger partial charge in [0.25, 0.3) is 0 Å². The number of fused-ring (bicyclic) bond motifs is 6. The summed E-state index contributed by atoms with van der Waals surface area (Å²) < 4.78 is 74.1. The molecule has 16 atom stereocenters. The number of Topliss-reactive ketones (excluding diaryl/α,β-unsaturated/α-hetero) is 1. The third-order valence-electron chi connectivity index (χ3n) is 25.7. The smallest absolute Gasteiger partial charge is 0.412 e. The first-order valence-corrected chi connectivity index (χ1v) is 49.3. The number of benzene rings is 10. The molecule has 2 fully saturated rings. The molecule has 0 saturated carbocycles. The van der Waals surface area contributed by atoms with Crippen LogP contribution in [0.25, 0.3) is 22.3 Å². The second-order valence-electron chi connectivity index (χ2n) is 37.2. The number of halogens is 1. The summed E-state index contributed by atoms with van der Waals surface area (Å²) in [5, 5.41) is 33.2. The van der Waals surface area contributed by atoms with Crippen molar-refractivity contribution in [3.05, 3.63) is 310 Å². The predicted molar refractivity (Wildman–Crippen MR) is 563 cm³/mol. The fourth-order valence-corrected chi connectivity index (χ4v) is 17.9. The number of carbonyl (C=O) groups is 12. The van der Waals surface area contributed by atoms with E-state index < -0.39 is 182 Å². The van der Waals surface area contributed by atoms with Gasteiger partial charge in [0.1, 0.15) is 68.4 Å². The number of carbonyl (C=O) groups excluding carboxylic acids is 12. The maximum absolute atomic E-state index is 13.9. The van der Waals surface area contributed by atoms with Crippen molar-refractivity contribution < 1.29 is 124 Å². The molecular formula is C114H132ClN9O26. The summed E-state index contributed by atoms with van der Waals surface area (Å²) in [5.74, 6) is -4.67. The van der Waals surface area contributed by atoms with Crippen molar-refractivity contribution in [1.29, 1.82) is 0 Å². The van der Waals surface area contributed by atoms with Gasteiger partial charge < -0.3 is 93.3 Å². The highest BCUT2D eigenvalue weighted by Crippen LogP contribution is 2.47. The number of hydrogen-bond acceptors (Lipinski definition) is 26. The van der Waals surface area contributed by atoms with Crippen LogP contribution in [0.3, 0.4) is 0 Å². The number of aliphatic hydroxyl groups is 1. The summed E-state index contributed by atoms with van der Waals surface area (Å²) >= 11 is 5.68. The number of methoxy groups -OCH3 is 4. The zero-order chi connectivity index (χ0) is 107. The normalized spacial score (nSPS) is 18.8. The number of aryl methyl sites for hydroxylation is 4. The van der Waals surface area contributed by atoms with Crippen LogP contribution in [-0.2, 0) is 103 Å². The molecule has 0 bridgehead atoms. The van der Waals surface area contributed by atoms with Crippen LogP contribution >= 0.6 is 11.6 Å². The highest BCUT2D eigenvalue weighted by molar-refractivity contribution is 6.64. The van der Waals surface area contributed by atoms with Crippen molar-refractivity contribution >= 4 is 106 Å². The third-order valence-corrected chi connectivity index (χ3v) is 26.0. The summed E-state index contributed by atoms with van der Waals surface area (Å²) in [6.45, 7) is 16.9. The Morgan fingerprint density at radius 2 is 0.660 bits per heavy atom. The molecular weight excluding hydrogens is 1950 g/mol. The van der Waals surface area contributed by atoms with E-state index in [0.29, 0.717) is 22.7 Å². The first-order chi connectivity index (χ1) is 71.6. The van der Waals surface area contributed by atoms with Gasteiger partial charge in [0.05, 0.1) is 12.6 Å². The van der Waals surface area contributed by atoms with Gasteiger partial charge in [-0.15, -0.1) is 0 Å². The Kier molecular flexibility index (Phi) is 43.0. The van der Waals surface area contributed by atoms with E-state index in [2.05, 4.69) is 60.0 Å². The van der Waals surface area contributed by atoms with E-state index in [1.807, 2.05) is 211 Å². The minimum Gasteiger partial charge on any atom is -0.461 e. The summed E-state index contributed by atoms with van der Waals surface area (Å²) in [6, 6.07) is 73.1. The molecule has 6 unspecified atom stereocenters. The quantitative estimate of drug-likeness (QED) is 0.00976. The molecule has 2 aliphatic heterocycles. The Morgan fingerprint density at radius 3 is 0.980 bits per heavy atom. The van der Waals surface area contributed by atoms with E-state index in [4.69, 9.17) is 73.2 Å². The summed E-state index contributed by atoms with van der Waals surface area (Å²) in [4.78, 5) is 158. The monoisotopic (exact) mass is 2080 g/mol. The van der Waals surface area contributed by atoms with Gasteiger partial charge in [-0.3, -0.25) is 45.2 Å². The second-order valence-corrected chi connectivity index (χ2v) is 37.5. The molecule has 35 nitrogen and oxygen atoms in total. The minimum atomic E-state index is -1.40. The van der Waals surface area contributed by atoms with E-state index in [1.165, 1.54) is 35.4 Å². The number of nitrogens with one attached hydrogen (secondary N) is 9. The van der Waals surface area contributed by atoms with Gasteiger partial charge >= 0.3 is 42.5 Å². The van der Waals surface area contributed by atoms with Crippen LogP contribution in [0.2, 0.25) is 0 Å². The fourth-order valence-electron chi connectivity index (χ4n) is 17.6. The number of aliphatic hydroxyl groups excluding tert-OH is 1. The van der Waals surface area contributed by atoms with Gasteiger partial charge in [-0.25, -0.2) is 33.6 Å². The number of amides is 9. The van der Waals surface area contributed by atoms with Gasteiger partial charge in [0.2, 0.25) is 23.0 Å². The van der Waals surface area contributed by atoms with Crippen LogP contribution in [0.1, 0.15) is 123 Å². The second kappa shape index (κ2) is 55.9. The first kappa shape index (κ1) is 115. The lowest BCUT2D eigenvalue weighted by molar-refractivity contribution is -0.295. The van der Waals surface area contributed by atoms with Gasteiger partial charge in [-0.05, 0) is 169 Å². The SMILES string of the molecule is C.CC(C)C(CC(=O)[C@H](C)NC(=O)[C@H](Cc1ccccc1)NC(=O)OCC1c2ccccc2-c2ccccc21)C(=O)Cl.CO[C@@H]1OC(CO)[C@@H](OC)[C@H](OC(=O)Nc2ccc(C)cc2)C1OC(=O)Nc1ccc(C)cc1.CO[C@@H]1OC(COC(=O)[C@@H](NC(=O)[C@H](C)NC(=O)C(Cc2ccccc2)NC(=O)OCC2c3ccccc3-c3ccccc32)C(C)C)[C@@H](OC)[C@H](OC(=O)Nc2ccc(C)cc2)C1OC(=O)Nc1ccc(C)cc1. The third kappa shape index (κ3) is 31.8. The van der Waals surface area contributed by atoms with Crippen molar-refractivity contribution in [3.8, 4) is 22.3 Å². The standard InChI is InChI=1S/C56H63N5O13.C33H35ClN2O5.C24H30N2O8.CH4/c1-32(2)46(61-50(62)35(5)57-51(63)44(29-36-15-9-8-10-16-36)60-54(65)71-30-43-41-19-13-11-17-39(41)40-18-12-14-20-42(40)43)52(64)70-31-45-47(68-6)48(73-55(66)58-37-25-21-33(3)22-26-37)49(53(69-7)72-45)74-56(67)59-38-27-23-34(4)24-28-38;1-20(2)27(31(34)38)18-30(37)21(3)35-32(39)29(17-22-11-5-4-6-12-22)36-33(40)41-19-28-25-15-9-7-13-23(25)24-14-8-10-16-26(24)28;1-14-5-9-16(10-6-14)25-23(28)33-20-19(30-3)18(13-27)32-22(31-4)21(20)34-24(29)26-17-11-7-15(2)8-12-17;/h8-28,32,35,43-49,53H,29-31H2,1-7H3,(H,57,63)(H,58,66)(H,59,67)(H,60,65)(H,61,62);4-16,20-21,27-29H,17-19H2,1-3H3,(H,35,39)(H,36,40);5-12,18-22,27H,13H2,1-4H3,(H,25,28)(H,26,29);1H4/t35-,44?,45?,46-,47+,48-,49?,53+;21-,27?,29-;18?,19-,20+,21?,22-;/m001./s1. The summed E-state index contributed by atoms with van der Waals surface area (Å²) in [7, 11) is 5.34. The number of anilines is 4. The molecule has 0 radical (unpaired) electrons. The predicted octanol–water partition coefficient (Wildman–Crippen LogP) is 17.1. The molecule has 10 aromatic rings. The molecule has 2 saturated heterocycles. The first-order valence-electron chi connectivity index (χ1n) is 48.9. The summed E-state index contributed by atoms with van der Waals surface area (Å²) in [6.07, 6.45) is -16.5. The number of ether oxygens (including phenoxy) is 13. The van der Waals surface area contributed by atoms with Crippen LogP contribution in [0.4, 0.5) is 51.5 Å². The number of ketones is 1. The van der Waals surface area contributed by atoms with Crippen LogP contribution in [0, 0.1) is 45.4 Å². The van der Waals surface area contributed by atoms with E-state index in [-0.39, 0.29) is 63.4 Å². The topological polar surface area (TPSA) is 453 Å². The number of rotatable bonds is 38. The lowest BCUT2D eigenvalue weighted by Crippen LogP contribution is -2.63. The van der Waals surface area contributed by atoms with Gasteiger partial charge in [-0.2, -0.15) is 0 Å². The highest BCUT2D eigenvalue weighted by Gasteiger charge is 2.54. The average molecular weight is 2080 g/mol. The lowest BCUT2D eigenvalue weighted by Gasteiger charge is -2.43.